The summed E-state index contributed by atoms with van der Waals surface area (Å²) >= 11 is 0. The van der Waals surface area contributed by atoms with E-state index < -0.39 is 5.82 Å². The molecule has 2 aromatic rings. The van der Waals surface area contributed by atoms with Crippen molar-refractivity contribution in [2.45, 2.75) is 38.5 Å². The van der Waals surface area contributed by atoms with Gasteiger partial charge in [0.25, 0.3) is 0 Å². The number of hydrogen-bond donors (Lipinski definition) is 1. The molecular weight excluding hydrogens is 273 g/mol. The smallest absolute Gasteiger partial charge is 0.223 e. The lowest BCUT2D eigenvalue weighted by molar-refractivity contribution is 0.00540. The van der Waals surface area contributed by atoms with Crippen LogP contribution in [0.2, 0.25) is 0 Å². The predicted octanol–water partition coefficient (Wildman–Crippen LogP) is 2.16. The lowest BCUT2D eigenvalue weighted by Gasteiger charge is -2.31. The van der Waals surface area contributed by atoms with Crippen molar-refractivity contribution in [2.75, 3.05) is 11.9 Å². The number of nitrogens with one attached hydrogen (secondary N) is 1. The third-order valence-electron chi connectivity index (χ3n) is 3.56. The van der Waals surface area contributed by atoms with Crippen LogP contribution in [0.15, 0.2) is 24.8 Å². The highest BCUT2D eigenvalue weighted by Crippen LogP contribution is 2.29. The van der Waals surface area contributed by atoms with E-state index in [1.165, 1.54) is 0 Å². The van der Waals surface area contributed by atoms with Gasteiger partial charge in [-0.05, 0) is 19.8 Å². The molecule has 1 aliphatic rings. The van der Waals surface area contributed by atoms with Gasteiger partial charge in [-0.3, -0.25) is 4.68 Å². The van der Waals surface area contributed by atoms with Crippen LogP contribution >= 0.6 is 0 Å². The van der Waals surface area contributed by atoms with Gasteiger partial charge in [-0.15, -0.1) is 0 Å². The van der Waals surface area contributed by atoms with Gasteiger partial charge in [0.15, 0.2) is 5.82 Å². The largest absolute Gasteiger partial charge is 0.371 e. The van der Waals surface area contributed by atoms with Gasteiger partial charge >= 0.3 is 0 Å². The first-order valence-electron chi connectivity index (χ1n) is 7.14. The van der Waals surface area contributed by atoms with Crippen LogP contribution in [0.25, 0.3) is 0 Å². The third kappa shape index (κ3) is 3.18. The number of halogens is 1. The molecule has 3 heterocycles. The second-order valence-corrected chi connectivity index (χ2v) is 5.04. The molecule has 1 fully saturated rings. The van der Waals surface area contributed by atoms with Gasteiger partial charge in [0.05, 0.1) is 24.6 Å². The van der Waals surface area contributed by atoms with Crippen LogP contribution < -0.4 is 5.32 Å². The Hall–Kier alpha value is -2.02. The molecule has 1 N–H and O–H groups in total. The lowest BCUT2D eigenvalue weighted by atomic mass is 9.98. The quantitative estimate of drug-likeness (QED) is 0.935. The number of ether oxygens (including phenoxy) is 1. The average molecular weight is 291 g/mol. The van der Waals surface area contributed by atoms with E-state index in [1.54, 1.807) is 0 Å². The summed E-state index contributed by atoms with van der Waals surface area (Å²) in [6.07, 6.45) is 7.97. The van der Waals surface area contributed by atoms with Gasteiger partial charge < -0.3 is 10.1 Å². The Morgan fingerprint density at radius 3 is 2.90 bits per heavy atom. The molecule has 0 amide bonds. The van der Waals surface area contributed by atoms with Crippen molar-refractivity contribution in [3.63, 3.8) is 0 Å². The maximum Gasteiger partial charge on any atom is 0.223 e. The van der Waals surface area contributed by atoms with Gasteiger partial charge in [-0.1, -0.05) is 0 Å². The van der Waals surface area contributed by atoms with E-state index in [-0.39, 0.29) is 12.1 Å². The second kappa shape index (κ2) is 6.17. The van der Waals surface area contributed by atoms with Crippen molar-refractivity contribution in [2.24, 2.45) is 0 Å². The Labute approximate surface area is 122 Å². The van der Waals surface area contributed by atoms with Crippen molar-refractivity contribution in [1.29, 1.82) is 0 Å². The number of aromatic nitrogens is 4. The van der Waals surface area contributed by atoms with Crippen LogP contribution in [-0.2, 0) is 11.3 Å². The number of nitrogens with zero attached hydrogens (tertiary/aromatic N) is 4. The van der Waals surface area contributed by atoms with E-state index in [4.69, 9.17) is 4.74 Å². The van der Waals surface area contributed by atoms with Crippen LogP contribution in [0.1, 0.15) is 31.4 Å². The summed E-state index contributed by atoms with van der Waals surface area (Å²) in [7, 11) is 0. The molecule has 2 aromatic heterocycles. The molecular formula is C14H18FN5O. The van der Waals surface area contributed by atoms with Crippen LogP contribution in [-0.4, -0.2) is 32.4 Å². The summed E-state index contributed by atoms with van der Waals surface area (Å²) in [5.41, 5.74) is 1.04. The number of hydrogen-bond acceptors (Lipinski definition) is 5. The monoisotopic (exact) mass is 291 g/mol. The minimum atomic E-state index is -0.443. The van der Waals surface area contributed by atoms with E-state index in [2.05, 4.69) is 20.4 Å². The van der Waals surface area contributed by atoms with E-state index in [0.29, 0.717) is 5.95 Å². The van der Waals surface area contributed by atoms with E-state index in [1.807, 2.05) is 24.0 Å². The van der Waals surface area contributed by atoms with Crippen molar-refractivity contribution in [3.8, 4) is 0 Å². The summed E-state index contributed by atoms with van der Waals surface area (Å²) in [6.45, 7) is 3.59. The van der Waals surface area contributed by atoms with Crippen LogP contribution in [0.3, 0.4) is 0 Å². The molecule has 0 aliphatic carbocycles. The molecule has 2 atom stereocenters. The van der Waals surface area contributed by atoms with Crippen molar-refractivity contribution in [3.05, 3.63) is 36.2 Å². The minimum Gasteiger partial charge on any atom is -0.371 e. The molecule has 0 aromatic carbocycles. The molecule has 0 saturated carbocycles. The van der Waals surface area contributed by atoms with Gasteiger partial charge in [0.1, 0.15) is 6.10 Å². The Kier molecular flexibility index (Phi) is 4.10. The second-order valence-electron chi connectivity index (χ2n) is 5.04. The highest BCUT2D eigenvalue weighted by Gasteiger charge is 2.29. The Morgan fingerprint density at radius 1 is 1.38 bits per heavy atom. The predicted molar refractivity (Wildman–Crippen MR) is 75.2 cm³/mol. The zero-order valence-corrected chi connectivity index (χ0v) is 11.9. The number of rotatable bonds is 4. The Balaban J connectivity index is 1.76. The minimum absolute atomic E-state index is 0.0544. The fraction of sp³-hybridized carbons (Fsp3) is 0.500. The zero-order chi connectivity index (χ0) is 14.7. The van der Waals surface area contributed by atoms with Crippen molar-refractivity contribution < 1.29 is 9.13 Å². The van der Waals surface area contributed by atoms with Crippen molar-refractivity contribution in [1.82, 2.24) is 19.7 Å². The first kappa shape index (κ1) is 13.9. The first-order chi connectivity index (χ1) is 10.3. The molecule has 0 spiro atoms. The normalized spacial score (nSPS) is 22.2. The lowest BCUT2D eigenvalue weighted by Crippen LogP contribution is -2.34. The van der Waals surface area contributed by atoms with Gasteiger partial charge in [-0.25, -0.2) is 14.4 Å². The van der Waals surface area contributed by atoms with Crippen LogP contribution in [0.5, 0.6) is 0 Å². The van der Waals surface area contributed by atoms with E-state index >= 15 is 0 Å². The fourth-order valence-electron chi connectivity index (χ4n) is 2.51. The maximum absolute atomic E-state index is 12.9. The molecule has 21 heavy (non-hydrogen) atoms. The third-order valence-corrected chi connectivity index (χ3v) is 3.56. The summed E-state index contributed by atoms with van der Waals surface area (Å²) in [5, 5.41) is 7.52. The number of anilines is 1. The van der Waals surface area contributed by atoms with E-state index in [0.717, 1.165) is 44.0 Å². The highest BCUT2D eigenvalue weighted by atomic mass is 19.1. The molecule has 3 rings (SSSR count). The maximum atomic E-state index is 12.9. The fourth-order valence-corrected chi connectivity index (χ4v) is 2.51. The standard InChI is InChI=1S/C14H18FN5O/c1-2-20-9-10(6-18-20)13-12(4-3-5-21-13)19-14-16-7-11(15)8-17-14/h6-9,12-13H,2-5H2,1H3,(H,16,17,19)/t12-,13+/m0/s1. The molecule has 0 bridgehead atoms. The molecule has 7 heteroatoms. The number of aryl methyl sites for hydroxylation is 1. The average Bonchev–Trinajstić information content (AvgIpc) is 2.99. The zero-order valence-electron chi connectivity index (χ0n) is 11.9. The molecule has 1 saturated heterocycles. The van der Waals surface area contributed by atoms with Crippen LogP contribution in [0, 0.1) is 5.82 Å². The van der Waals surface area contributed by atoms with Gasteiger partial charge in [0, 0.05) is 24.9 Å². The summed E-state index contributed by atoms with van der Waals surface area (Å²) in [5.74, 6) is -0.0269. The molecule has 112 valence electrons. The van der Waals surface area contributed by atoms with E-state index in [9.17, 15) is 4.39 Å². The Bertz CT molecular complexity index is 585. The van der Waals surface area contributed by atoms with Crippen molar-refractivity contribution >= 4 is 5.95 Å². The Morgan fingerprint density at radius 2 is 2.19 bits per heavy atom. The highest BCUT2D eigenvalue weighted by molar-refractivity contribution is 5.27. The summed E-state index contributed by atoms with van der Waals surface area (Å²) < 4.78 is 20.6. The molecule has 0 radical (unpaired) electrons. The molecule has 6 nitrogen and oxygen atoms in total. The van der Waals surface area contributed by atoms with Crippen LogP contribution in [0.4, 0.5) is 10.3 Å². The molecule has 0 unspecified atom stereocenters. The molecule has 1 aliphatic heterocycles. The SMILES string of the molecule is CCn1cc([C@H]2OCCC[C@@H]2Nc2ncc(F)cn2)cn1. The van der Waals surface area contributed by atoms with Gasteiger partial charge in [-0.2, -0.15) is 5.10 Å². The summed E-state index contributed by atoms with van der Waals surface area (Å²) in [4.78, 5) is 7.90. The summed E-state index contributed by atoms with van der Waals surface area (Å²) in [6, 6.07) is 0.0544. The first-order valence-corrected chi connectivity index (χ1v) is 7.14. The van der Waals surface area contributed by atoms with Gasteiger partial charge in [0.2, 0.25) is 5.95 Å². The topological polar surface area (TPSA) is 64.9 Å².